The van der Waals surface area contributed by atoms with Crippen LogP contribution in [0, 0.1) is 13.8 Å². The van der Waals surface area contributed by atoms with Crippen molar-refractivity contribution in [1.82, 2.24) is 10.2 Å². The van der Waals surface area contributed by atoms with Crippen molar-refractivity contribution in [1.29, 1.82) is 0 Å². The van der Waals surface area contributed by atoms with Gasteiger partial charge in [0.2, 0.25) is 5.91 Å². The van der Waals surface area contributed by atoms with Crippen molar-refractivity contribution in [2.45, 2.75) is 27.2 Å². The van der Waals surface area contributed by atoms with Gasteiger partial charge < -0.3 is 19.4 Å². The first-order chi connectivity index (χ1) is 11.8. The first-order valence-corrected chi connectivity index (χ1v) is 8.51. The second kappa shape index (κ2) is 8.21. The molecule has 25 heavy (non-hydrogen) atoms. The summed E-state index contributed by atoms with van der Waals surface area (Å²) in [6, 6.07) is 2.03. The number of methoxy groups -OCH3 is 1. The molecule has 0 spiro atoms. The maximum Gasteiger partial charge on any atom is 0.244 e. The molecule has 0 bridgehead atoms. The van der Waals surface area contributed by atoms with Crippen LogP contribution in [0.1, 0.15) is 30.0 Å². The molecule has 1 heterocycles. The topological polar surface area (TPSA) is 54.7 Å². The van der Waals surface area contributed by atoms with Crippen molar-refractivity contribution in [2.75, 3.05) is 34.3 Å². The van der Waals surface area contributed by atoms with E-state index in [0.29, 0.717) is 6.54 Å². The number of furan rings is 1. The van der Waals surface area contributed by atoms with Crippen LogP contribution >= 0.6 is 0 Å². The van der Waals surface area contributed by atoms with Crippen LogP contribution in [-0.4, -0.2) is 45.1 Å². The Morgan fingerprint density at radius 2 is 2.08 bits per heavy atom. The van der Waals surface area contributed by atoms with E-state index < -0.39 is 0 Å². The molecule has 136 valence electrons. The van der Waals surface area contributed by atoms with Crippen molar-refractivity contribution < 1.29 is 13.9 Å². The molecule has 0 saturated heterocycles. The second-order valence-corrected chi connectivity index (χ2v) is 6.65. The quantitative estimate of drug-likeness (QED) is 0.617. The lowest BCUT2D eigenvalue weighted by Gasteiger charge is -2.13. The first kappa shape index (κ1) is 19.1. The number of fused-ring (bicyclic) bond motifs is 1. The maximum atomic E-state index is 12.2. The number of rotatable bonds is 7. The molecule has 0 unspecified atom stereocenters. The summed E-state index contributed by atoms with van der Waals surface area (Å²) >= 11 is 0. The molecule has 2 rings (SSSR count). The molecule has 1 aromatic carbocycles. The molecule has 0 aliphatic carbocycles. The molecule has 5 heteroatoms. The van der Waals surface area contributed by atoms with E-state index in [2.05, 4.69) is 10.2 Å². The van der Waals surface area contributed by atoms with Crippen LogP contribution in [0.4, 0.5) is 0 Å². The van der Waals surface area contributed by atoms with Crippen LogP contribution in [0.5, 0.6) is 5.75 Å². The van der Waals surface area contributed by atoms with Crippen LogP contribution in [0.3, 0.4) is 0 Å². The molecule has 5 nitrogen and oxygen atoms in total. The number of amides is 1. The molecular formula is C20H28N2O3. The number of ether oxygens (including phenoxy) is 1. The standard InChI is InChI=1S/C20H28N2O3/c1-13(10-18(23)21-8-7-9-22(4)5)16-11-17-14(2)12-25-20(17)15(3)19(16)24-6/h10-12H,7-9H2,1-6H3,(H,21,23)/b13-10+. The predicted octanol–water partition coefficient (Wildman–Crippen LogP) is 3.53. The minimum atomic E-state index is -0.0834. The summed E-state index contributed by atoms with van der Waals surface area (Å²) < 4.78 is 11.2. The lowest BCUT2D eigenvalue weighted by molar-refractivity contribution is -0.116. The van der Waals surface area contributed by atoms with Crippen LogP contribution in [0.2, 0.25) is 0 Å². The predicted molar refractivity (Wildman–Crippen MR) is 102 cm³/mol. The average Bonchev–Trinajstić information content (AvgIpc) is 2.93. The fraction of sp³-hybridized carbons (Fsp3) is 0.450. The molecule has 0 fully saturated rings. The Bertz CT molecular complexity index is 788. The lowest BCUT2D eigenvalue weighted by atomic mass is 9.98. The van der Waals surface area contributed by atoms with Crippen LogP contribution in [-0.2, 0) is 4.79 Å². The number of nitrogens with one attached hydrogen (secondary N) is 1. The Labute approximate surface area is 149 Å². The summed E-state index contributed by atoms with van der Waals surface area (Å²) in [7, 11) is 5.69. The van der Waals surface area contributed by atoms with Crippen LogP contribution < -0.4 is 10.1 Å². The highest BCUT2D eigenvalue weighted by atomic mass is 16.5. The van der Waals surface area contributed by atoms with Gasteiger partial charge in [-0.3, -0.25) is 4.79 Å². The number of carbonyl (C=O) groups excluding carboxylic acids is 1. The summed E-state index contributed by atoms with van der Waals surface area (Å²) in [5.41, 5.74) is 4.64. The van der Waals surface area contributed by atoms with E-state index in [9.17, 15) is 4.79 Å². The molecule has 0 radical (unpaired) electrons. The number of hydrogen-bond acceptors (Lipinski definition) is 4. The average molecular weight is 344 g/mol. The zero-order chi connectivity index (χ0) is 18.6. The summed E-state index contributed by atoms with van der Waals surface area (Å²) in [5, 5.41) is 3.98. The number of benzene rings is 1. The van der Waals surface area contributed by atoms with E-state index in [-0.39, 0.29) is 5.91 Å². The largest absolute Gasteiger partial charge is 0.496 e. The monoisotopic (exact) mass is 344 g/mol. The van der Waals surface area contributed by atoms with Crippen LogP contribution in [0.15, 0.2) is 22.8 Å². The van der Waals surface area contributed by atoms with Gasteiger partial charge in [-0.2, -0.15) is 0 Å². The van der Waals surface area contributed by atoms with Crippen molar-refractivity contribution in [3.8, 4) is 5.75 Å². The number of carbonyl (C=O) groups is 1. The molecule has 0 aliphatic rings. The van der Waals surface area contributed by atoms with E-state index in [1.165, 1.54) is 0 Å². The summed E-state index contributed by atoms with van der Waals surface area (Å²) in [4.78, 5) is 14.3. The number of allylic oxidation sites excluding steroid dienone is 1. The molecule has 0 atom stereocenters. The first-order valence-electron chi connectivity index (χ1n) is 8.51. The molecule has 1 amide bonds. The van der Waals surface area contributed by atoms with Gasteiger partial charge in [0.05, 0.1) is 13.4 Å². The summed E-state index contributed by atoms with van der Waals surface area (Å²) in [6.07, 6.45) is 4.31. The zero-order valence-electron chi connectivity index (χ0n) is 16.0. The zero-order valence-corrected chi connectivity index (χ0v) is 16.0. The van der Waals surface area contributed by atoms with Gasteiger partial charge in [0.15, 0.2) is 0 Å². The van der Waals surface area contributed by atoms with Gasteiger partial charge in [0.1, 0.15) is 11.3 Å². The second-order valence-electron chi connectivity index (χ2n) is 6.65. The third kappa shape index (κ3) is 4.42. The van der Waals surface area contributed by atoms with Gasteiger partial charge >= 0.3 is 0 Å². The summed E-state index contributed by atoms with van der Waals surface area (Å²) in [6.45, 7) is 7.53. The maximum absolute atomic E-state index is 12.2. The Balaban J connectivity index is 2.24. The normalized spacial score (nSPS) is 12.0. The highest BCUT2D eigenvalue weighted by molar-refractivity contribution is 5.98. The molecule has 1 aromatic heterocycles. The van der Waals surface area contributed by atoms with Gasteiger partial charge in [-0.1, -0.05) is 0 Å². The number of aryl methyl sites for hydroxylation is 2. The van der Waals surface area contributed by atoms with Gasteiger partial charge in [0.25, 0.3) is 0 Å². The highest BCUT2D eigenvalue weighted by Crippen LogP contribution is 2.37. The number of hydrogen-bond donors (Lipinski definition) is 1. The Morgan fingerprint density at radius 1 is 1.36 bits per heavy atom. The molecule has 2 aromatic rings. The summed E-state index contributed by atoms with van der Waals surface area (Å²) in [5.74, 6) is 0.663. The van der Waals surface area contributed by atoms with E-state index in [1.54, 1.807) is 19.4 Å². The smallest absolute Gasteiger partial charge is 0.244 e. The van der Waals surface area contributed by atoms with Crippen molar-refractivity contribution >= 4 is 22.4 Å². The Morgan fingerprint density at radius 3 is 2.72 bits per heavy atom. The minimum absolute atomic E-state index is 0.0834. The van der Waals surface area contributed by atoms with E-state index >= 15 is 0 Å². The van der Waals surface area contributed by atoms with Gasteiger partial charge in [-0.15, -0.1) is 0 Å². The molecule has 0 saturated carbocycles. The van der Waals surface area contributed by atoms with E-state index in [1.807, 2.05) is 40.9 Å². The highest BCUT2D eigenvalue weighted by Gasteiger charge is 2.16. The molecule has 0 aliphatic heterocycles. The molecule has 1 N–H and O–H groups in total. The minimum Gasteiger partial charge on any atom is -0.496 e. The van der Waals surface area contributed by atoms with Crippen molar-refractivity contribution in [3.63, 3.8) is 0 Å². The van der Waals surface area contributed by atoms with Crippen LogP contribution in [0.25, 0.3) is 16.5 Å². The molecular weight excluding hydrogens is 316 g/mol. The van der Waals surface area contributed by atoms with Gasteiger partial charge in [0, 0.05) is 29.1 Å². The van der Waals surface area contributed by atoms with Gasteiger partial charge in [-0.25, -0.2) is 0 Å². The van der Waals surface area contributed by atoms with Crippen molar-refractivity contribution in [3.05, 3.63) is 35.1 Å². The third-order valence-corrected chi connectivity index (χ3v) is 4.30. The third-order valence-electron chi connectivity index (χ3n) is 4.30. The van der Waals surface area contributed by atoms with Gasteiger partial charge in [-0.05, 0) is 65.0 Å². The lowest BCUT2D eigenvalue weighted by Crippen LogP contribution is -2.25. The SMILES string of the molecule is COc1c(/C(C)=C/C(=O)NCCCN(C)C)cc2c(C)coc2c1C. The Hall–Kier alpha value is -2.27. The van der Waals surface area contributed by atoms with Crippen molar-refractivity contribution in [2.24, 2.45) is 0 Å². The van der Waals surface area contributed by atoms with E-state index in [4.69, 9.17) is 9.15 Å². The Kier molecular flexibility index (Phi) is 6.26. The number of nitrogens with zero attached hydrogens (tertiary/aromatic N) is 1. The van der Waals surface area contributed by atoms with E-state index in [0.717, 1.165) is 51.9 Å². The fourth-order valence-electron chi connectivity index (χ4n) is 2.93. The fourth-order valence-corrected chi connectivity index (χ4v) is 2.93.